The molecule has 1 aliphatic heterocycles. The van der Waals surface area contributed by atoms with Crippen molar-refractivity contribution in [2.45, 2.75) is 6.04 Å². The molecule has 0 spiro atoms. The quantitative estimate of drug-likeness (QED) is 0.888. The van der Waals surface area contributed by atoms with Gasteiger partial charge in [-0.1, -0.05) is 17.7 Å². The van der Waals surface area contributed by atoms with Gasteiger partial charge in [0.2, 0.25) is 0 Å². The molecule has 1 amide bonds. The van der Waals surface area contributed by atoms with E-state index in [0.29, 0.717) is 19.6 Å². The van der Waals surface area contributed by atoms with Crippen molar-refractivity contribution < 1.29 is 9.18 Å². The molecule has 0 bridgehead atoms. The Balaban J connectivity index is 2.25. The van der Waals surface area contributed by atoms with Gasteiger partial charge in [0, 0.05) is 26.2 Å². The summed E-state index contributed by atoms with van der Waals surface area (Å²) in [4.78, 5) is 16.1. The number of carbonyl (C=O) groups excluding carboxylic acids is 1. The smallest absolute Gasteiger partial charge is 0.257 e. The number of benzene rings is 1. The van der Waals surface area contributed by atoms with Crippen LogP contribution in [-0.4, -0.2) is 55.0 Å². The summed E-state index contributed by atoms with van der Waals surface area (Å²) in [5.41, 5.74) is 5.71. The van der Waals surface area contributed by atoms with Gasteiger partial charge in [-0.25, -0.2) is 4.39 Å². The molecule has 1 aromatic carbocycles. The van der Waals surface area contributed by atoms with Crippen LogP contribution in [0.2, 0.25) is 5.02 Å². The Labute approximate surface area is 116 Å². The van der Waals surface area contributed by atoms with Crippen LogP contribution in [0.4, 0.5) is 4.39 Å². The zero-order chi connectivity index (χ0) is 14.0. The Morgan fingerprint density at radius 2 is 2.26 bits per heavy atom. The Morgan fingerprint density at radius 3 is 2.95 bits per heavy atom. The molecule has 1 unspecified atom stereocenters. The molecule has 0 radical (unpaired) electrons. The molecule has 6 heteroatoms. The van der Waals surface area contributed by atoms with Crippen molar-refractivity contribution in [1.29, 1.82) is 0 Å². The number of hydrogen-bond donors (Lipinski definition) is 1. The van der Waals surface area contributed by atoms with Gasteiger partial charge in [0.1, 0.15) is 0 Å². The van der Waals surface area contributed by atoms with Gasteiger partial charge in [-0.2, -0.15) is 0 Å². The fraction of sp³-hybridized carbons (Fsp3) is 0.462. The predicted octanol–water partition coefficient (Wildman–Crippen LogP) is 1.19. The van der Waals surface area contributed by atoms with Crippen LogP contribution in [0.25, 0.3) is 0 Å². The monoisotopic (exact) mass is 285 g/mol. The van der Waals surface area contributed by atoms with E-state index in [2.05, 4.69) is 4.90 Å². The summed E-state index contributed by atoms with van der Waals surface area (Å²) in [5, 5.41) is -0.0377. The van der Waals surface area contributed by atoms with Gasteiger partial charge in [-0.3, -0.25) is 4.79 Å². The molecule has 1 saturated heterocycles. The number of nitrogens with two attached hydrogens (primary N) is 1. The summed E-state index contributed by atoms with van der Waals surface area (Å²) in [6, 6.07) is 4.37. The zero-order valence-corrected chi connectivity index (χ0v) is 11.5. The summed E-state index contributed by atoms with van der Waals surface area (Å²) in [6.45, 7) is 2.36. The Morgan fingerprint density at radius 1 is 1.53 bits per heavy atom. The average molecular weight is 286 g/mol. The van der Waals surface area contributed by atoms with Crippen molar-refractivity contribution >= 4 is 17.5 Å². The highest BCUT2D eigenvalue weighted by Gasteiger charge is 2.30. The van der Waals surface area contributed by atoms with E-state index in [9.17, 15) is 9.18 Å². The fourth-order valence-electron chi connectivity index (χ4n) is 2.30. The summed E-state index contributed by atoms with van der Waals surface area (Å²) < 4.78 is 13.9. The second kappa shape index (κ2) is 5.86. The van der Waals surface area contributed by atoms with Crippen molar-refractivity contribution in [1.82, 2.24) is 9.80 Å². The highest BCUT2D eigenvalue weighted by atomic mass is 35.5. The van der Waals surface area contributed by atoms with Crippen LogP contribution in [0.15, 0.2) is 18.2 Å². The summed E-state index contributed by atoms with van der Waals surface area (Å²) in [7, 11) is 1.98. The number of rotatable bonds is 2. The zero-order valence-electron chi connectivity index (χ0n) is 10.8. The van der Waals surface area contributed by atoms with E-state index in [1.165, 1.54) is 12.1 Å². The maximum absolute atomic E-state index is 13.9. The highest BCUT2D eigenvalue weighted by molar-refractivity contribution is 6.31. The van der Waals surface area contributed by atoms with E-state index in [0.717, 1.165) is 6.54 Å². The number of halogens is 2. The normalized spacial score (nSPS) is 20.6. The molecule has 0 aromatic heterocycles. The molecule has 2 rings (SSSR count). The third-order valence-corrected chi connectivity index (χ3v) is 3.69. The van der Waals surface area contributed by atoms with Crippen LogP contribution in [0, 0.1) is 5.82 Å². The van der Waals surface area contributed by atoms with Gasteiger partial charge in [-0.15, -0.1) is 0 Å². The van der Waals surface area contributed by atoms with Gasteiger partial charge in [0.25, 0.3) is 5.91 Å². The number of likely N-dealkylation sites (N-methyl/N-ethyl adjacent to an activating group) is 1. The average Bonchev–Trinajstić information content (AvgIpc) is 2.41. The number of piperazine rings is 1. The molecule has 1 fully saturated rings. The fourth-order valence-corrected chi connectivity index (χ4v) is 2.48. The molecule has 1 atom stereocenters. The lowest BCUT2D eigenvalue weighted by molar-refractivity contribution is 0.0511. The van der Waals surface area contributed by atoms with E-state index in [1.807, 2.05) is 7.05 Å². The van der Waals surface area contributed by atoms with Crippen molar-refractivity contribution in [2.75, 3.05) is 33.2 Å². The van der Waals surface area contributed by atoms with Crippen molar-refractivity contribution in [2.24, 2.45) is 5.73 Å². The molecule has 0 aliphatic carbocycles. The van der Waals surface area contributed by atoms with Crippen molar-refractivity contribution in [3.05, 3.63) is 34.6 Å². The lowest BCUT2D eigenvalue weighted by atomic mass is 10.1. The molecule has 19 heavy (non-hydrogen) atoms. The highest BCUT2D eigenvalue weighted by Crippen LogP contribution is 2.21. The van der Waals surface area contributed by atoms with Gasteiger partial charge >= 0.3 is 0 Å². The molecule has 4 nitrogen and oxygen atoms in total. The first-order valence-corrected chi connectivity index (χ1v) is 6.56. The van der Waals surface area contributed by atoms with Gasteiger partial charge in [-0.05, 0) is 19.2 Å². The summed E-state index contributed by atoms with van der Waals surface area (Å²) in [6.07, 6.45) is 0. The Hall–Kier alpha value is -1.17. The summed E-state index contributed by atoms with van der Waals surface area (Å²) in [5.74, 6) is -1.01. The Kier molecular flexibility index (Phi) is 4.39. The molecule has 104 valence electrons. The molecule has 2 N–H and O–H groups in total. The van der Waals surface area contributed by atoms with Gasteiger partial charge in [0.05, 0.1) is 16.6 Å². The second-order valence-electron chi connectivity index (χ2n) is 4.75. The first-order chi connectivity index (χ1) is 9.04. The maximum atomic E-state index is 13.9. The Bertz CT molecular complexity index is 483. The minimum absolute atomic E-state index is 0.00973. The van der Waals surface area contributed by atoms with Gasteiger partial charge in [0.15, 0.2) is 5.82 Å². The molecule has 1 heterocycles. The first-order valence-electron chi connectivity index (χ1n) is 6.18. The van der Waals surface area contributed by atoms with E-state index in [-0.39, 0.29) is 22.5 Å². The van der Waals surface area contributed by atoms with Crippen LogP contribution < -0.4 is 5.73 Å². The molecule has 1 aliphatic rings. The molecular formula is C13H17ClFN3O. The largest absolute Gasteiger partial charge is 0.332 e. The predicted molar refractivity (Wildman–Crippen MR) is 72.8 cm³/mol. The third-order valence-electron chi connectivity index (χ3n) is 3.40. The number of carbonyl (C=O) groups is 1. The van der Waals surface area contributed by atoms with E-state index in [1.54, 1.807) is 11.0 Å². The van der Waals surface area contributed by atoms with Crippen molar-refractivity contribution in [3.63, 3.8) is 0 Å². The maximum Gasteiger partial charge on any atom is 0.257 e. The van der Waals surface area contributed by atoms with Crippen LogP contribution in [0.3, 0.4) is 0 Å². The van der Waals surface area contributed by atoms with Crippen LogP contribution in [0.1, 0.15) is 10.4 Å². The van der Waals surface area contributed by atoms with Crippen LogP contribution in [0.5, 0.6) is 0 Å². The number of hydrogen-bond acceptors (Lipinski definition) is 3. The van der Waals surface area contributed by atoms with E-state index in [4.69, 9.17) is 17.3 Å². The van der Waals surface area contributed by atoms with Crippen LogP contribution in [-0.2, 0) is 0 Å². The lowest BCUT2D eigenvalue weighted by Crippen LogP contribution is -2.56. The molecular weight excluding hydrogens is 269 g/mol. The number of nitrogens with zero attached hydrogens (tertiary/aromatic N) is 2. The first kappa shape index (κ1) is 14.2. The van der Waals surface area contributed by atoms with Gasteiger partial charge < -0.3 is 15.5 Å². The van der Waals surface area contributed by atoms with Crippen LogP contribution >= 0.6 is 11.6 Å². The second-order valence-corrected chi connectivity index (χ2v) is 5.16. The third kappa shape index (κ3) is 2.88. The minimum atomic E-state index is -0.663. The summed E-state index contributed by atoms with van der Waals surface area (Å²) >= 11 is 5.71. The lowest BCUT2D eigenvalue weighted by Gasteiger charge is -2.39. The van der Waals surface area contributed by atoms with Crippen molar-refractivity contribution in [3.8, 4) is 0 Å². The molecule has 0 saturated carbocycles. The molecule has 1 aromatic rings. The number of amides is 1. The standard InChI is InChI=1S/C13H17ClFN3O/c1-17-5-6-18(9(7-16)8-17)13(19)10-3-2-4-11(14)12(10)15/h2-4,9H,5-8,16H2,1H3. The van der Waals surface area contributed by atoms with E-state index < -0.39 is 5.82 Å². The SMILES string of the molecule is CN1CCN(C(=O)c2cccc(Cl)c2F)C(CN)C1. The van der Waals surface area contributed by atoms with E-state index >= 15 is 0 Å². The topological polar surface area (TPSA) is 49.6 Å². The minimum Gasteiger partial charge on any atom is -0.332 e.